The Hall–Kier alpha value is -1.35. The molecule has 1 heterocycles. The van der Waals surface area contributed by atoms with Crippen LogP contribution in [0.3, 0.4) is 0 Å². The molecule has 0 saturated heterocycles. The average Bonchev–Trinajstić information content (AvgIpc) is 3.07. The maximum atomic E-state index is 12.1. The molecule has 5 nitrogen and oxygen atoms in total. The molecule has 1 aromatic carbocycles. The van der Waals surface area contributed by atoms with Crippen molar-refractivity contribution in [1.29, 1.82) is 0 Å². The smallest absolute Gasteiger partial charge is 0.191 e. The number of halogens is 1. The van der Waals surface area contributed by atoms with Gasteiger partial charge in [0.25, 0.3) is 0 Å². The van der Waals surface area contributed by atoms with Gasteiger partial charge < -0.3 is 15.1 Å². The zero-order chi connectivity index (χ0) is 15.6. The molecule has 2 aromatic rings. The Kier molecular flexibility index (Phi) is 9.61. The minimum absolute atomic E-state index is 0. The van der Waals surface area contributed by atoms with Crippen LogP contribution in [0, 0.1) is 0 Å². The summed E-state index contributed by atoms with van der Waals surface area (Å²) < 4.78 is 17.4. The molecule has 0 saturated carbocycles. The van der Waals surface area contributed by atoms with Gasteiger partial charge in [-0.25, -0.2) is 0 Å². The molecule has 126 valence electrons. The van der Waals surface area contributed by atoms with Gasteiger partial charge in [-0.2, -0.15) is 0 Å². The van der Waals surface area contributed by atoms with Crippen LogP contribution in [0.4, 0.5) is 0 Å². The Balaban J connectivity index is 0.00000264. The second-order valence-electron chi connectivity index (χ2n) is 4.62. The minimum atomic E-state index is -0.992. The zero-order valence-electron chi connectivity index (χ0n) is 13.0. The number of guanidine groups is 1. The summed E-state index contributed by atoms with van der Waals surface area (Å²) in [6.45, 7) is 1.33. The van der Waals surface area contributed by atoms with E-state index >= 15 is 0 Å². The molecule has 7 heteroatoms. The minimum Gasteiger partial charge on any atom is -0.469 e. The number of hydrogen-bond donors (Lipinski definition) is 2. The number of aliphatic imine (C=N–C) groups is 1. The molecule has 1 unspecified atom stereocenters. The van der Waals surface area contributed by atoms with Crippen LogP contribution >= 0.6 is 24.0 Å². The van der Waals surface area contributed by atoms with Gasteiger partial charge in [-0.3, -0.25) is 9.20 Å². The first-order valence-corrected chi connectivity index (χ1v) is 8.52. The van der Waals surface area contributed by atoms with Gasteiger partial charge in [0.1, 0.15) is 5.76 Å². The van der Waals surface area contributed by atoms with Crippen molar-refractivity contribution < 1.29 is 8.63 Å². The highest BCUT2D eigenvalue weighted by atomic mass is 127. The van der Waals surface area contributed by atoms with Crippen LogP contribution in [-0.4, -0.2) is 36.1 Å². The lowest BCUT2D eigenvalue weighted by Gasteiger charge is -2.11. The van der Waals surface area contributed by atoms with Gasteiger partial charge in [-0.15, -0.1) is 24.0 Å². The highest BCUT2D eigenvalue weighted by Crippen LogP contribution is 2.04. The normalized spacial score (nSPS) is 12.3. The van der Waals surface area contributed by atoms with Gasteiger partial charge in [0, 0.05) is 37.2 Å². The van der Waals surface area contributed by atoms with Gasteiger partial charge in [0.2, 0.25) is 0 Å². The largest absolute Gasteiger partial charge is 0.469 e. The molecule has 0 bridgehead atoms. The summed E-state index contributed by atoms with van der Waals surface area (Å²) in [5.74, 6) is 2.19. The number of rotatable bonds is 7. The van der Waals surface area contributed by atoms with Gasteiger partial charge in [0.05, 0.1) is 17.1 Å². The van der Waals surface area contributed by atoms with E-state index in [1.54, 1.807) is 13.3 Å². The summed E-state index contributed by atoms with van der Waals surface area (Å²) in [5.41, 5.74) is 0. The number of benzene rings is 1. The van der Waals surface area contributed by atoms with E-state index in [1.807, 2.05) is 42.5 Å². The lowest BCUT2D eigenvalue weighted by molar-refractivity contribution is 0.507. The molecule has 1 atom stereocenters. The Labute approximate surface area is 156 Å². The summed E-state index contributed by atoms with van der Waals surface area (Å²) in [7, 11) is 0.727. The van der Waals surface area contributed by atoms with Gasteiger partial charge in [0.15, 0.2) is 5.96 Å². The van der Waals surface area contributed by atoms with Crippen molar-refractivity contribution >= 4 is 40.7 Å². The van der Waals surface area contributed by atoms with Crippen LogP contribution in [0.15, 0.2) is 63.0 Å². The maximum absolute atomic E-state index is 12.1. The summed E-state index contributed by atoms with van der Waals surface area (Å²) in [6.07, 6.45) is 2.46. The van der Waals surface area contributed by atoms with Crippen molar-refractivity contribution in [2.24, 2.45) is 4.99 Å². The average molecular weight is 447 g/mol. The first-order valence-electron chi connectivity index (χ1n) is 7.20. The lowest BCUT2D eigenvalue weighted by atomic mass is 10.3. The number of nitrogens with one attached hydrogen (secondary N) is 2. The van der Waals surface area contributed by atoms with Crippen LogP contribution < -0.4 is 10.6 Å². The Morgan fingerprint density at radius 3 is 2.52 bits per heavy atom. The standard InChI is InChI=1S/C16H21N3O2S.HI/c1-17-16(18-10-9-14-6-5-12-21-14)19-11-13-22(20)15-7-3-2-4-8-15;/h2-8,12H,9-11,13H2,1H3,(H2,17,18,19);1H. The summed E-state index contributed by atoms with van der Waals surface area (Å²) in [6, 6.07) is 13.3. The monoisotopic (exact) mass is 447 g/mol. The van der Waals surface area contributed by atoms with Crippen molar-refractivity contribution in [3.63, 3.8) is 0 Å². The third-order valence-electron chi connectivity index (χ3n) is 3.05. The Morgan fingerprint density at radius 1 is 1.13 bits per heavy atom. The zero-order valence-corrected chi connectivity index (χ0v) is 16.2. The van der Waals surface area contributed by atoms with Gasteiger partial charge in [-0.1, -0.05) is 18.2 Å². The van der Waals surface area contributed by atoms with Crippen molar-refractivity contribution in [3.8, 4) is 0 Å². The van der Waals surface area contributed by atoms with E-state index < -0.39 is 10.8 Å². The van der Waals surface area contributed by atoms with E-state index in [0.717, 1.165) is 23.6 Å². The summed E-state index contributed by atoms with van der Waals surface area (Å²) in [4.78, 5) is 4.99. The quantitative estimate of drug-likeness (QED) is 0.389. The molecule has 2 N–H and O–H groups in total. The van der Waals surface area contributed by atoms with Gasteiger partial charge >= 0.3 is 0 Å². The SMILES string of the molecule is CN=C(NCCc1ccco1)NCCS(=O)c1ccccc1.I. The maximum Gasteiger partial charge on any atom is 0.191 e. The molecule has 0 spiro atoms. The first kappa shape index (κ1) is 19.7. The summed E-state index contributed by atoms with van der Waals surface area (Å²) in [5, 5.41) is 6.37. The highest BCUT2D eigenvalue weighted by Gasteiger charge is 2.04. The number of furan rings is 1. The fraction of sp³-hybridized carbons (Fsp3) is 0.312. The molecule has 0 radical (unpaired) electrons. The Bertz CT molecular complexity index is 603. The van der Waals surface area contributed by atoms with E-state index in [2.05, 4.69) is 15.6 Å². The molecular weight excluding hydrogens is 425 g/mol. The van der Waals surface area contributed by atoms with Crippen LogP contribution in [-0.2, 0) is 17.2 Å². The number of nitrogens with zero attached hydrogens (tertiary/aromatic N) is 1. The molecule has 0 aliphatic rings. The first-order chi connectivity index (χ1) is 10.8. The highest BCUT2D eigenvalue weighted by molar-refractivity contribution is 14.0. The third kappa shape index (κ3) is 7.17. The van der Waals surface area contributed by atoms with Gasteiger partial charge in [-0.05, 0) is 24.3 Å². The van der Waals surface area contributed by atoms with Crippen molar-refractivity contribution in [1.82, 2.24) is 10.6 Å². The lowest BCUT2D eigenvalue weighted by Crippen LogP contribution is -2.39. The molecular formula is C16H22IN3O2S. The van der Waals surface area contributed by atoms with Crippen LogP contribution in [0.5, 0.6) is 0 Å². The van der Waals surface area contributed by atoms with E-state index in [9.17, 15) is 4.21 Å². The fourth-order valence-electron chi connectivity index (χ4n) is 1.93. The molecule has 0 fully saturated rings. The molecule has 2 rings (SSSR count). The van der Waals surface area contributed by atoms with Crippen LogP contribution in [0.1, 0.15) is 5.76 Å². The van der Waals surface area contributed by atoms with E-state index in [0.29, 0.717) is 18.3 Å². The topological polar surface area (TPSA) is 66.6 Å². The summed E-state index contributed by atoms with van der Waals surface area (Å²) >= 11 is 0. The van der Waals surface area contributed by atoms with Crippen molar-refractivity contribution in [3.05, 3.63) is 54.5 Å². The van der Waals surface area contributed by atoms with E-state index in [4.69, 9.17) is 4.42 Å². The molecule has 0 amide bonds. The van der Waals surface area contributed by atoms with E-state index in [-0.39, 0.29) is 24.0 Å². The fourth-order valence-corrected chi connectivity index (χ4v) is 2.92. The molecule has 0 aliphatic carbocycles. The molecule has 0 aliphatic heterocycles. The second-order valence-corrected chi connectivity index (χ2v) is 6.19. The predicted octanol–water partition coefficient (Wildman–Crippen LogP) is 2.41. The predicted molar refractivity (Wildman–Crippen MR) is 105 cm³/mol. The Morgan fingerprint density at radius 2 is 1.87 bits per heavy atom. The molecule has 1 aromatic heterocycles. The van der Waals surface area contributed by atoms with Crippen molar-refractivity contribution in [2.75, 3.05) is 25.9 Å². The molecule has 23 heavy (non-hydrogen) atoms. The van der Waals surface area contributed by atoms with Crippen LogP contribution in [0.25, 0.3) is 0 Å². The second kappa shape index (κ2) is 11.2. The van der Waals surface area contributed by atoms with E-state index in [1.165, 1.54) is 0 Å². The van der Waals surface area contributed by atoms with Crippen LogP contribution in [0.2, 0.25) is 0 Å². The third-order valence-corrected chi connectivity index (χ3v) is 4.43. The number of hydrogen-bond acceptors (Lipinski definition) is 3. The van der Waals surface area contributed by atoms with Crippen molar-refractivity contribution in [2.45, 2.75) is 11.3 Å².